The molecule has 1 N–H and O–H groups in total. The molecule has 9 nitrogen and oxygen atoms in total. The molecule has 0 aliphatic heterocycles. The molecule has 0 spiro atoms. The number of hydrogen-bond donors (Lipinski definition) is 1. The van der Waals surface area contributed by atoms with E-state index in [1.807, 2.05) is 38.1 Å². The fraction of sp³-hybridized carbons (Fsp3) is 0.250. The molecule has 1 amide bonds. The standard InChI is InChI=1S/C20H21N5O4/c1-13(2)19(14-4-7-16(29-3)8-5-14)23-20(26)15-6-9-17(18(10-15)25(27)28)24-12-21-11-22-24/h4-13,19H,1-3H3,(H,23,26)/t19-/m0/s1. The molecule has 0 bridgehead atoms. The molecule has 2 aromatic carbocycles. The summed E-state index contributed by atoms with van der Waals surface area (Å²) in [4.78, 5) is 27.6. The summed E-state index contributed by atoms with van der Waals surface area (Å²) < 4.78 is 6.46. The monoisotopic (exact) mass is 395 g/mol. The number of nitrogens with zero attached hydrogens (tertiary/aromatic N) is 4. The molecule has 3 rings (SSSR count). The molecule has 0 fully saturated rings. The van der Waals surface area contributed by atoms with E-state index in [1.165, 1.54) is 35.5 Å². The molecule has 0 saturated carbocycles. The molecule has 150 valence electrons. The summed E-state index contributed by atoms with van der Waals surface area (Å²) in [5.41, 5.74) is 1.12. The molecular weight excluding hydrogens is 374 g/mol. The molecule has 1 aromatic heterocycles. The molecule has 1 atom stereocenters. The maximum Gasteiger partial charge on any atom is 0.295 e. The van der Waals surface area contributed by atoms with E-state index in [-0.39, 0.29) is 28.9 Å². The summed E-state index contributed by atoms with van der Waals surface area (Å²) in [5, 5.41) is 18.4. The van der Waals surface area contributed by atoms with Crippen molar-refractivity contribution in [2.45, 2.75) is 19.9 Å². The third-order valence-electron chi connectivity index (χ3n) is 4.53. The summed E-state index contributed by atoms with van der Waals surface area (Å²) in [6.07, 6.45) is 2.65. The zero-order chi connectivity index (χ0) is 21.0. The van der Waals surface area contributed by atoms with Crippen LogP contribution in [0.2, 0.25) is 0 Å². The lowest BCUT2D eigenvalue weighted by Crippen LogP contribution is -2.31. The summed E-state index contributed by atoms with van der Waals surface area (Å²) in [6, 6.07) is 11.4. The van der Waals surface area contributed by atoms with Gasteiger partial charge in [-0.05, 0) is 35.7 Å². The van der Waals surface area contributed by atoms with Gasteiger partial charge in [-0.25, -0.2) is 9.67 Å². The summed E-state index contributed by atoms with van der Waals surface area (Å²) >= 11 is 0. The Balaban J connectivity index is 1.88. The van der Waals surface area contributed by atoms with Crippen LogP contribution in [-0.2, 0) is 0 Å². The summed E-state index contributed by atoms with van der Waals surface area (Å²) in [5.74, 6) is 0.436. The zero-order valence-corrected chi connectivity index (χ0v) is 16.3. The van der Waals surface area contributed by atoms with Crippen LogP contribution >= 0.6 is 0 Å². The number of carbonyl (C=O) groups is 1. The molecule has 0 radical (unpaired) electrons. The van der Waals surface area contributed by atoms with Crippen molar-refractivity contribution >= 4 is 11.6 Å². The second-order valence-corrected chi connectivity index (χ2v) is 6.77. The van der Waals surface area contributed by atoms with Gasteiger partial charge in [-0.3, -0.25) is 14.9 Å². The van der Waals surface area contributed by atoms with Crippen molar-refractivity contribution in [3.05, 3.63) is 76.4 Å². The van der Waals surface area contributed by atoms with Crippen LogP contribution < -0.4 is 10.1 Å². The van der Waals surface area contributed by atoms with Crippen LogP contribution in [-0.4, -0.2) is 32.7 Å². The number of carbonyl (C=O) groups excluding carboxylic acids is 1. The van der Waals surface area contributed by atoms with Crippen LogP contribution in [0.3, 0.4) is 0 Å². The highest BCUT2D eigenvalue weighted by atomic mass is 16.6. The number of nitrogens with one attached hydrogen (secondary N) is 1. The van der Waals surface area contributed by atoms with Gasteiger partial charge in [0.2, 0.25) is 0 Å². The average Bonchev–Trinajstić information content (AvgIpc) is 3.26. The molecule has 3 aromatic rings. The van der Waals surface area contributed by atoms with Gasteiger partial charge in [-0.15, -0.1) is 0 Å². The van der Waals surface area contributed by atoms with Crippen molar-refractivity contribution in [1.82, 2.24) is 20.1 Å². The fourth-order valence-electron chi connectivity index (χ4n) is 3.01. The van der Waals surface area contributed by atoms with Crippen molar-refractivity contribution < 1.29 is 14.5 Å². The predicted molar refractivity (Wildman–Crippen MR) is 106 cm³/mol. The zero-order valence-electron chi connectivity index (χ0n) is 16.3. The van der Waals surface area contributed by atoms with Crippen LogP contribution in [0.1, 0.15) is 35.8 Å². The molecule has 1 heterocycles. The van der Waals surface area contributed by atoms with Crippen molar-refractivity contribution in [2.24, 2.45) is 5.92 Å². The number of nitro groups is 1. The van der Waals surface area contributed by atoms with Gasteiger partial charge in [0.1, 0.15) is 24.1 Å². The van der Waals surface area contributed by atoms with Gasteiger partial charge in [0.15, 0.2) is 0 Å². The molecule has 0 saturated heterocycles. The number of methoxy groups -OCH3 is 1. The van der Waals surface area contributed by atoms with Crippen LogP contribution in [0.15, 0.2) is 55.1 Å². The fourth-order valence-corrected chi connectivity index (χ4v) is 3.01. The highest BCUT2D eigenvalue weighted by Gasteiger charge is 2.23. The van der Waals surface area contributed by atoms with E-state index < -0.39 is 10.8 Å². The first-order valence-electron chi connectivity index (χ1n) is 8.99. The lowest BCUT2D eigenvalue weighted by atomic mass is 9.95. The quantitative estimate of drug-likeness (QED) is 0.485. The number of ether oxygens (including phenoxy) is 1. The van der Waals surface area contributed by atoms with Gasteiger partial charge in [0.05, 0.1) is 18.1 Å². The van der Waals surface area contributed by atoms with Gasteiger partial charge in [0, 0.05) is 11.6 Å². The molecule has 0 unspecified atom stereocenters. The Morgan fingerprint density at radius 1 is 1.21 bits per heavy atom. The van der Waals surface area contributed by atoms with Crippen molar-refractivity contribution in [3.63, 3.8) is 0 Å². The summed E-state index contributed by atoms with van der Waals surface area (Å²) in [6.45, 7) is 3.98. The number of nitro benzene ring substituents is 1. The summed E-state index contributed by atoms with van der Waals surface area (Å²) in [7, 11) is 1.59. The minimum Gasteiger partial charge on any atom is -0.497 e. The molecule has 0 aliphatic rings. The molecule has 9 heteroatoms. The van der Waals surface area contributed by atoms with E-state index in [0.29, 0.717) is 0 Å². The normalized spacial score (nSPS) is 11.9. The van der Waals surface area contributed by atoms with E-state index in [9.17, 15) is 14.9 Å². The first-order valence-corrected chi connectivity index (χ1v) is 8.99. The number of amides is 1. The van der Waals surface area contributed by atoms with Gasteiger partial charge in [-0.2, -0.15) is 5.10 Å². The number of benzene rings is 2. The Morgan fingerprint density at radius 2 is 1.93 bits per heavy atom. The number of hydrogen-bond acceptors (Lipinski definition) is 6. The third-order valence-corrected chi connectivity index (χ3v) is 4.53. The topological polar surface area (TPSA) is 112 Å². The lowest BCUT2D eigenvalue weighted by molar-refractivity contribution is -0.384. The first kappa shape index (κ1) is 20.0. The second-order valence-electron chi connectivity index (χ2n) is 6.77. The number of rotatable bonds is 7. The van der Waals surface area contributed by atoms with E-state index >= 15 is 0 Å². The van der Waals surface area contributed by atoms with Gasteiger partial charge in [0.25, 0.3) is 11.6 Å². The van der Waals surface area contributed by atoms with E-state index in [0.717, 1.165) is 11.3 Å². The SMILES string of the molecule is COc1ccc([C@@H](NC(=O)c2ccc(-n3cncn3)c([N+](=O)[O-])c2)C(C)C)cc1. The van der Waals surface area contributed by atoms with Crippen LogP contribution in [0, 0.1) is 16.0 Å². The molecular formula is C20H21N5O4. The van der Waals surface area contributed by atoms with Crippen molar-refractivity contribution in [1.29, 1.82) is 0 Å². The maximum atomic E-state index is 12.8. The van der Waals surface area contributed by atoms with Crippen molar-refractivity contribution in [2.75, 3.05) is 7.11 Å². The van der Waals surface area contributed by atoms with Gasteiger partial charge < -0.3 is 10.1 Å². The second kappa shape index (κ2) is 8.51. The van der Waals surface area contributed by atoms with E-state index in [4.69, 9.17) is 4.74 Å². The van der Waals surface area contributed by atoms with Crippen LogP contribution in [0.25, 0.3) is 5.69 Å². The average molecular weight is 395 g/mol. The van der Waals surface area contributed by atoms with Gasteiger partial charge in [-0.1, -0.05) is 26.0 Å². The van der Waals surface area contributed by atoms with E-state index in [1.54, 1.807) is 7.11 Å². The largest absolute Gasteiger partial charge is 0.497 e. The van der Waals surface area contributed by atoms with Gasteiger partial charge >= 0.3 is 0 Å². The predicted octanol–water partition coefficient (Wildman–Crippen LogP) is 3.31. The Bertz CT molecular complexity index is 1000. The minimum absolute atomic E-state index is 0.108. The smallest absolute Gasteiger partial charge is 0.295 e. The maximum absolute atomic E-state index is 12.8. The first-order chi connectivity index (χ1) is 13.9. The van der Waals surface area contributed by atoms with Crippen LogP contribution in [0.4, 0.5) is 5.69 Å². The minimum atomic E-state index is -0.544. The molecule has 29 heavy (non-hydrogen) atoms. The van der Waals surface area contributed by atoms with Crippen molar-refractivity contribution in [3.8, 4) is 11.4 Å². The van der Waals surface area contributed by atoms with E-state index in [2.05, 4.69) is 15.4 Å². The molecule has 0 aliphatic carbocycles. The Labute approximate surface area is 167 Å². The highest BCUT2D eigenvalue weighted by molar-refractivity contribution is 5.95. The Kier molecular flexibility index (Phi) is 5.87. The number of aromatic nitrogens is 3. The lowest BCUT2D eigenvalue weighted by Gasteiger charge is -2.23. The van der Waals surface area contributed by atoms with Crippen LogP contribution in [0.5, 0.6) is 5.75 Å². The Morgan fingerprint density at radius 3 is 2.48 bits per heavy atom. The third kappa shape index (κ3) is 4.40. The highest BCUT2D eigenvalue weighted by Crippen LogP contribution is 2.26. The Hall–Kier alpha value is -3.75.